The van der Waals surface area contributed by atoms with Crippen molar-refractivity contribution in [2.75, 3.05) is 5.32 Å². The molecule has 0 aromatic carbocycles. The lowest BCUT2D eigenvalue weighted by Crippen LogP contribution is -2.34. The van der Waals surface area contributed by atoms with Crippen molar-refractivity contribution in [3.05, 3.63) is 5.51 Å². The van der Waals surface area contributed by atoms with E-state index in [1.165, 1.54) is 5.51 Å². The Labute approximate surface area is 106 Å². The molecule has 1 aliphatic rings. The summed E-state index contributed by atoms with van der Waals surface area (Å²) in [4.78, 5) is 11.8. The lowest BCUT2D eigenvalue weighted by Gasteiger charge is -2.29. The Morgan fingerprint density at radius 3 is 2.83 bits per heavy atom. The molecule has 2 atom stereocenters. The third-order valence-corrected chi connectivity index (χ3v) is 3.70. The van der Waals surface area contributed by atoms with Gasteiger partial charge in [-0.3, -0.25) is 4.79 Å². The zero-order valence-corrected chi connectivity index (χ0v) is 10.2. The average molecular weight is 279 g/mol. The molecular formula is C10H12F3N3OS. The molecule has 0 aliphatic heterocycles. The van der Waals surface area contributed by atoms with Crippen molar-refractivity contribution in [2.45, 2.75) is 31.9 Å². The van der Waals surface area contributed by atoms with E-state index in [2.05, 4.69) is 15.5 Å². The first-order valence-corrected chi connectivity index (χ1v) is 6.48. The zero-order valence-electron chi connectivity index (χ0n) is 9.41. The molecule has 0 bridgehead atoms. The smallest absolute Gasteiger partial charge is 0.300 e. The van der Waals surface area contributed by atoms with E-state index in [9.17, 15) is 18.0 Å². The van der Waals surface area contributed by atoms with Gasteiger partial charge in [-0.05, 0) is 19.3 Å². The van der Waals surface area contributed by atoms with Crippen LogP contribution < -0.4 is 5.32 Å². The van der Waals surface area contributed by atoms with E-state index in [4.69, 9.17) is 0 Å². The predicted octanol–water partition coefficient (Wildman–Crippen LogP) is 2.85. The standard InChI is InChI=1S/C10H12F3N3OS/c11-10(12,13)7-3-1-2-6(4-7)8(17)15-9-16-14-5-18-9/h5-7H,1-4H2,(H,15,16,17)/t6-,7-/m1/s1. The van der Waals surface area contributed by atoms with Gasteiger partial charge in [-0.1, -0.05) is 17.8 Å². The molecule has 1 aromatic rings. The van der Waals surface area contributed by atoms with Gasteiger partial charge in [-0.2, -0.15) is 13.2 Å². The molecule has 1 heterocycles. The number of carbonyl (C=O) groups excluding carboxylic acids is 1. The highest BCUT2D eigenvalue weighted by atomic mass is 32.1. The van der Waals surface area contributed by atoms with Crippen LogP contribution in [0.2, 0.25) is 0 Å². The van der Waals surface area contributed by atoms with Crippen molar-refractivity contribution in [1.82, 2.24) is 10.2 Å². The SMILES string of the molecule is O=C(Nc1nncs1)[C@@H]1CCC[C@@H](C(F)(F)F)C1. The van der Waals surface area contributed by atoms with Gasteiger partial charge in [0.1, 0.15) is 5.51 Å². The van der Waals surface area contributed by atoms with Crippen molar-refractivity contribution in [3.8, 4) is 0 Å². The summed E-state index contributed by atoms with van der Waals surface area (Å²) in [5.41, 5.74) is 1.45. The molecule has 4 nitrogen and oxygen atoms in total. The van der Waals surface area contributed by atoms with Crippen molar-refractivity contribution in [2.24, 2.45) is 11.8 Å². The molecule has 0 radical (unpaired) electrons. The van der Waals surface area contributed by atoms with E-state index in [1.807, 2.05) is 0 Å². The summed E-state index contributed by atoms with van der Waals surface area (Å²) in [5.74, 6) is -2.34. The van der Waals surface area contributed by atoms with Crippen LogP contribution in [-0.4, -0.2) is 22.3 Å². The summed E-state index contributed by atoms with van der Waals surface area (Å²) < 4.78 is 37.8. The van der Waals surface area contributed by atoms with E-state index >= 15 is 0 Å². The fourth-order valence-electron chi connectivity index (χ4n) is 2.16. The Balaban J connectivity index is 1.94. The average Bonchev–Trinajstić information content (AvgIpc) is 2.81. The maximum absolute atomic E-state index is 12.6. The fraction of sp³-hybridized carbons (Fsp3) is 0.700. The molecule has 18 heavy (non-hydrogen) atoms. The Bertz CT molecular complexity index is 407. The number of nitrogens with one attached hydrogen (secondary N) is 1. The highest BCUT2D eigenvalue weighted by Crippen LogP contribution is 2.40. The number of rotatable bonds is 2. The minimum atomic E-state index is -4.21. The molecule has 8 heteroatoms. The van der Waals surface area contributed by atoms with Crippen LogP contribution in [0.4, 0.5) is 18.3 Å². The highest BCUT2D eigenvalue weighted by Gasteiger charge is 2.43. The summed E-state index contributed by atoms with van der Waals surface area (Å²) in [5, 5.41) is 10.0. The minimum Gasteiger partial charge on any atom is -0.300 e. The highest BCUT2D eigenvalue weighted by molar-refractivity contribution is 7.13. The summed E-state index contributed by atoms with van der Waals surface area (Å²) in [6.07, 6.45) is -3.29. The van der Waals surface area contributed by atoms with Gasteiger partial charge in [0.2, 0.25) is 11.0 Å². The van der Waals surface area contributed by atoms with Crippen LogP contribution in [0.1, 0.15) is 25.7 Å². The molecule has 1 aliphatic carbocycles. The van der Waals surface area contributed by atoms with Gasteiger partial charge in [0, 0.05) is 5.92 Å². The van der Waals surface area contributed by atoms with Crippen LogP contribution in [0.3, 0.4) is 0 Å². The molecular weight excluding hydrogens is 267 g/mol. The second kappa shape index (κ2) is 5.21. The molecule has 2 rings (SSSR count). The number of anilines is 1. The maximum atomic E-state index is 12.6. The summed E-state index contributed by atoms with van der Waals surface area (Å²) in [7, 11) is 0. The molecule has 1 saturated carbocycles. The Morgan fingerprint density at radius 2 is 2.22 bits per heavy atom. The second-order valence-electron chi connectivity index (χ2n) is 4.34. The molecule has 1 N–H and O–H groups in total. The largest absolute Gasteiger partial charge is 0.391 e. The lowest BCUT2D eigenvalue weighted by molar-refractivity contribution is -0.185. The van der Waals surface area contributed by atoms with Crippen molar-refractivity contribution < 1.29 is 18.0 Å². The number of alkyl halides is 3. The number of amides is 1. The number of hydrogen-bond donors (Lipinski definition) is 1. The number of halogens is 3. The normalized spacial score (nSPS) is 24.8. The van der Waals surface area contributed by atoms with E-state index in [-0.39, 0.29) is 18.7 Å². The zero-order chi connectivity index (χ0) is 13.2. The van der Waals surface area contributed by atoms with Crippen molar-refractivity contribution in [1.29, 1.82) is 0 Å². The minimum absolute atomic E-state index is 0.117. The van der Waals surface area contributed by atoms with Gasteiger partial charge in [0.05, 0.1) is 5.92 Å². The van der Waals surface area contributed by atoms with Crippen LogP contribution in [0, 0.1) is 11.8 Å². The topological polar surface area (TPSA) is 54.9 Å². The van der Waals surface area contributed by atoms with E-state index in [1.54, 1.807) is 0 Å². The van der Waals surface area contributed by atoms with Gasteiger partial charge in [0.25, 0.3) is 0 Å². The Morgan fingerprint density at radius 1 is 1.44 bits per heavy atom. The van der Waals surface area contributed by atoms with E-state index in [0.29, 0.717) is 18.0 Å². The van der Waals surface area contributed by atoms with Crippen LogP contribution >= 0.6 is 11.3 Å². The molecule has 0 unspecified atom stereocenters. The summed E-state index contributed by atoms with van der Waals surface area (Å²) in [6.45, 7) is 0. The first kappa shape index (κ1) is 13.3. The molecule has 1 amide bonds. The van der Waals surface area contributed by atoms with E-state index < -0.39 is 18.0 Å². The monoisotopic (exact) mass is 279 g/mol. The second-order valence-corrected chi connectivity index (χ2v) is 5.17. The maximum Gasteiger partial charge on any atom is 0.391 e. The molecule has 1 aromatic heterocycles. The van der Waals surface area contributed by atoms with Gasteiger partial charge in [-0.15, -0.1) is 10.2 Å². The first-order chi connectivity index (χ1) is 8.47. The van der Waals surface area contributed by atoms with Crippen LogP contribution in [0.5, 0.6) is 0 Å². The number of nitrogens with zero attached hydrogens (tertiary/aromatic N) is 2. The lowest BCUT2D eigenvalue weighted by atomic mass is 9.80. The van der Waals surface area contributed by atoms with Gasteiger partial charge >= 0.3 is 6.18 Å². The van der Waals surface area contributed by atoms with E-state index in [0.717, 1.165) is 11.3 Å². The van der Waals surface area contributed by atoms with Crippen LogP contribution in [-0.2, 0) is 4.79 Å². The predicted molar refractivity (Wildman–Crippen MR) is 60.0 cm³/mol. The third kappa shape index (κ3) is 3.18. The molecule has 100 valence electrons. The number of aromatic nitrogens is 2. The Hall–Kier alpha value is -1.18. The van der Waals surface area contributed by atoms with Crippen LogP contribution in [0.15, 0.2) is 5.51 Å². The van der Waals surface area contributed by atoms with Crippen molar-refractivity contribution in [3.63, 3.8) is 0 Å². The van der Waals surface area contributed by atoms with Gasteiger partial charge < -0.3 is 5.32 Å². The van der Waals surface area contributed by atoms with Crippen molar-refractivity contribution >= 4 is 22.4 Å². The first-order valence-electron chi connectivity index (χ1n) is 5.60. The summed E-state index contributed by atoms with van der Waals surface area (Å²) >= 11 is 1.15. The number of carbonyl (C=O) groups is 1. The van der Waals surface area contributed by atoms with Gasteiger partial charge in [0.15, 0.2) is 0 Å². The van der Waals surface area contributed by atoms with Gasteiger partial charge in [-0.25, -0.2) is 0 Å². The Kier molecular flexibility index (Phi) is 3.84. The fourth-order valence-corrected chi connectivity index (χ4v) is 2.61. The molecule has 1 fully saturated rings. The number of hydrogen-bond acceptors (Lipinski definition) is 4. The third-order valence-electron chi connectivity index (χ3n) is 3.10. The van der Waals surface area contributed by atoms with Crippen LogP contribution in [0.25, 0.3) is 0 Å². The summed E-state index contributed by atoms with van der Waals surface area (Å²) in [6, 6.07) is 0. The molecule has 0 saturated heterocycles. The quantitative estimate of drug-likeness (QED) is 0.905. The molecule has 0 spiro atoms.